The van der Waals surface area contributed by atoms with Crippen LogP contribution < -0.4 is 5.32 Å². The van der Waals surface area contributed by atoms with E-state index < -0.39 is 11.1 Å². The van der Waals surface area contributed by atoms with Crippen molar-refractivity contribution in [3.05, 3.63) is 71.8 Å². The fourth-order valence-corrected chi connectivity index (χ4v) is 2.32. The number of aliphatic hydroxyl groups is 2. The van der Waals surface area contributed by atoms with Gasteiger partial charge >= 0.3 is 0 Å². The summed E-state index contributed by atoms with van der Waals surface area (Å²) in [4.78, 5) is 0. The van der Waals surface area contributed by atoms with Gasteiger partial charge in [-0.25, -0.2) is 0 Å². The van der Waals surface area contributed by atoms with Gasteiger partial charge in [-0.15, -0.1) is 0 Å². The van der Waals surface area contributed by atoms with Crippen molar-refractivity contribution in [2.75, 3.05) is 13.2 Å². The lowest BCUT2D eigenvalue weighted by Crippen LogP contribution is -2.48. The Labute approximate surface area is 126 Å². The molecule has 0 radical (unpaired) electrons. The largest absolute Gasteiger partial charge is 0.394 e. The lowest BCUT2D eigenvalue weighted by Gasteiger charge is -2.34. The molecule has 21 heavy (non-hydrogen) atoms. The molecule has 2 atom stereocenters. The van der Waals surface area contributed by atoms with E-state index in [0.29, 0.717) is 6.54 Å². The van der Waals surface area contributed by atoms with Crippen LogP contribution in [-0.4, -0.2) is 23.4 Å². The van der Waals surface area contributed by atoms with E-state index in [1.807, 2.05) is 67.6 Å². The highest BCUT2D eigenvalue weighted by molar-refractivity contribution is 5.25. The van der Waals surface area contributed by atoms with E-state index in [1.165, 1.54) is 0 Å². The van der Waals surface area contributed by atoms with E-state index in [1.54, 1.807) is 6.92 Å². The molecule has 3 nitrogen and oxygen atoms in total. The number of rotatable bonds is 6. The second kappa shape index (κ2) is 6.39. The number of hydrogen-bond acceptors (Lipinski definition) is 3. The van der Waals surface area contributed by atoms with Crippen molar-refractivity contribution in [3.8, 4) is 0 Å². The molecule has 0 amide bonds. The van der Waals surface area contributed by atoms with Gasteiger partial charge in [0.1, 0.15) is 0 Å². The Morgan fingerprint density at radius 2 is 1.33 bits per heavy atom. The minimum absolute atomic E-state index is 0.0398. The van der Waals surface area contributed by atoms with Crippen LogP contribution in [0.5, 0.6) is 0 Å². The van der Waals surface area contributed by atoms with Crippen molar-refractivity contribution >= 4 is 0 Å². The van der Waals surface area contributed by atoms with Crippen molar-refractivity contribution in [1.82, 2.24) is 5.32 Å². The summed E-state index contributed by atoms with van der Waals surface area (Å²) in [6.07, 6.45) is 0. The summed E-state index contributed by atoms with van der Waals surface area (Å²) in [5.41, 5.74) is 0.272. The van der Waals surface area contributed by atoms with Crippen LogP contribution in [0.15, 0.2) is 60.7 Å². The number of benzene rings is 2. The predicted octanol–water partition coefficient (Wildman–Crippen LogP) is 2.39. The summed E-state index contributed by atoms with van der Waals surface area (Å²) in [7, 11) is 0. The van der Waals surface area contributed by atoms with Gasteiger partial charge in [-0.2, -0.15) is 0 Å². The molecule has 3 N–H and O–H groups in total. The van der Waals surface area contributed by atoms with Gasteiger partial charge < -0.3 is 15.5 Å². The fourth-order valence-electron chi connectivity index (χ4n) is 2.32. The molecule has 0 saturated carbocycles. The van der Waals surface area contributed by atoms with Crippen molar-refractivity contribution in [3.63, 3.8) is 0 Å². The average Bonchev–Trinajstić information content (AvgIpc) is 2.54. The third-order valence-electron chi connectivity index (χ3n) is 3.95. The van der Waals surface area contributed by atoms with Crippen molar-refractivity contribution < 1.29 is 10.2 Å². The quantitative estimate of drug-likeness (QED) is 0.764. The number of aliphatic hydroxyl groups excluding tert-OH is 1. The molecule has 0 fully saturated rings. The molecular formula is C18H23NO2. The first-order valence-electron chi connectivity index (χ1n) is 7.17. The molecular weight excluding hydrogens is 262 g/mol. The molecule has 3 heteroatoms. The highest BCUT2D eigenvalue weighted by atomic mass is 16.3. The second-order valence-corrected chi connectivity index (χ2v) is 5.85. The monoisotopic (exact) mass is 285 g/mol. The fraction of sp³-hybridized carbons (Fsp3) is 0.333. The van der Waals surface area contributed by atoms with Gasteiger partial charge in [-0.3, -0.25) is 0 Å². The van der Waals surface area contributed by atoms with E-state index >= 15 is 0 Å². The van der Waals surface area contributed by atoms with E-state index in [2.05, 4.69) is 5.32 Å². The maximum atomic E-state index is 10.6. The zero-order valence-corrected chi connectivity index (χ0v) is 12.6. The van der Waals surface area contributed by atoms with Crippen LogP contribution in [0.25, 0.3) is 0 Å². The maximum absolute atomic E-state index is 10.6. The van der Waals surface area contributed by atoms with Crippen molar-refractivity contribution in [2.45, 2.75) is 25.0 Å². The molecule has 112 valence electrons. The van der Waals surface area contributed by atoms with E-state index in [-0.39, 0.29) is 6.61 Å². The smallest absolute Gasteiger partial charge is 0.0992 e. The molecule has 0 spiro atoms. The summed E-state index contributed by atoms with van der Waals surface area (Å²) in [6.45, 7) is 4.02. The van der Waals surface area contributed by atoms with Gasteiger partial charge in [0.25, 0.3) is 0 Å². The van der Waals surface area contributed by atoms with Crippen LogP contribution in [0.3, 0.4) is 0 Å². The van der Waals surface area contributed by atoms with Gasteiger partial charge in [-0.1, -0.05) is 60.7 Å². The van der Waals surface area contributed by atoms with Crippen LogP contribution >= 0.6 is 0 Å². The van der Waals surface area contributed by atoms with Gasteiger partial charge in [-0.05, 0) is 25.0 Å². The maximum Gasteiger partial charge on any atom is 0.0992 e. The molecule has 0 bridgehead atoms. The van der Waals surface area contributed by atoms with Crippen LogP contribution in [0.1, 0.15) is 25.0 Å². The first-order valence-corrected chi connectivity index (χ1v) is 7.17. The highest BCUT2D eigenvalue weighted by Crippen LogP contribution is 2.24. The summed E-state index contributed by atoms with van der Waals surface area (Å²) >= 11 is 0. The third-order valence-corrected chi connectivity index (χ3v) is 3.95. The Morgan fingerprint density at radius 3 is 1.81 bits per heavy atom. The lowest BCUT2D eigenvalue weighted by molar-refractivity contribution is 0.0406. The molecule has 2 unspecified atom stereocenters. The standard InChI is InChI=1S/C18H23NO2/c1-17(14-20,15-9-5-3-6-10-15)19-13-18(2,21)16-11-7-4-8-12-16/h3-12,19-21H,13-14H2,1-2H3. The summed E-state index contributed by atoms with van der Waals surface area (Å²) in [6, 6.07) is 19.3. The van der Waals surface area contributed by atoms with Crippen LogP contribution in [0.4, 0.5) is 0 Å². The first kappa shape index (κ1) is 15.7. The van der Waals surface area contributed by atoms with Gasteiger partial charge in [0.2, 0.25) is 0 Å². The molecule has 0 aliphatic heterocycles. The molecule has 0 aliphatic rings. The molecule has 2 aromatic rings. The van der Waals surface area contributed by atoms with E-state index in [9.17, 15) is 10.2 Å². The Kier molecular flexibility index (Phi) is 4.78. The SMILES string of the molecule is CC(O)(CNC(C)(CO)c1ccccc1)c1ccccc1. The van der Waals surface area contributed by atoms with Crippen molar-refractivity contribution in [1.29, 1.82) is 0 Å². The molecule has 2 rings (SSSR count). The summed E-state index contributed by atoms with van der Waals surface area (Å²) in [5, 5.41) is 23.7. The minimum Gasteiger partial charge on any atom is -0.394 e. The van der Waals surface area contributed by atoms with Gasteiger partial charge in [0, 0.05) is 6.54 Å². The Hall–Kier alpha value is -1.68. The molecule has 2 aromatic carbocycles. The zero-order chi connectivity index (χ0) is 15.3. The van der Waals surface area contributed by atoms with E-state index in [0.717, 1.165) is 11.1 Å². The summed E-state index contributed by atoms with van der Waals surface area (Å²) < 4.78 is 0. The van der Waals surface area contributed by atoms with Gasteiger partial charge in [0.05, 0.1) is 17.7 Å². The Morgan fingerprint density at radius 1 is 0.857 bits per heavy atom. The van der Waals surface area contributed by atoms with Crippen molar-refractivity contribution in [2.24, 2.45) is 0 Å². The average molecular weight is 285 g/mol. The van der Waals surface area contributed by atoms with Gasteiger partial charge in [0.15, 0.2) is 0 Å². The van der Waals surface area contributed by atoms with E-state index in [4.69, 9.17) is 0 Å². The third kappa shape index (κ3) is 3.70. The minimum atomic E-state index is -0.994. The lowest BCUT2D eigenvalue weighted by atomic mass is 9.90. The zero-order valence-electron chi connectivity index (χ0n) is 12.6. The predicted molar refractivity (Wildman–Crippen MR) is 84.9 cm³/mol. The molecule has 0 aromatic heterocycles. The molecule has 0 aliphatic carbocycles. The first-order chi connectivity index (χ1) is 9.98. The van der Waals surface area contributed by atoms with Crippen LogP contribution in [-0.2, 0) is 11.1 Å². The Balaban J connectivity index is 2.13. The van der Waals surface area contributed by atoms with Crippen LogP contribution in [0, 0.1) is 0 Å². The molecule has 0 saturated heterocycles. The normalized spacial score (nSPS) is 17.0. The highest BCUT2D eigenvalue weighted by Gasteiger charge is 2.30. The Bertz CT molecular complexity index is 554. The molecule has 0 heterocycles. The number of hydrogen-bond donors (Lipinski definition) is 3. The number of nitrogens with one attached hydrogen (secondary N) is 1. The van der Waals surface area contributed by atoms with Crippen LogP contribution in [0.2, 0.25) is 0 Å². The second-order valence-electron chi connectivity index (χ2n) is 5.85. The summed E-state index contributed by atoms with van der Waals surface area (Å²) in [5.74, 6) is 0. The topological polar surface area (TPSA) is 52.5 Å².